The molecule has 4 heteroatoms. The minimum Gasteiger partial charge on any atom is -0.342 e. The zero-order valence-electron chi connectivity index (χ0n) is 12.3. The van der Waals surface area contributed by atoms with Crippen molar-refractivity contribution in [3.05, 3.63) is 0 Å². The molecule has 0 bridgehead atoms. The first-order valence-corrected chi connectivity index (χ1v) is 7.59. The summed E-state index contributed by atoms with van der Waals surface area (Å²) in [7, 11) is 0. The van der Waals surface area contributed by atoms with Crippen LogP contribution in [-0.4, -0.2) is 35.3 Å². The van der Waals surface area contributed by atoms with Gasteiger partial charge in [-0.15, -0.1) is 0 Å². The van der Waals surface area contributed by atoms with Gasteiger partial charge in [0.25, 0.3) is 0 Å². The summed E-state index contributed by atoms with van der Waals surface area (Å²) in [6.45, 7) is 6.74. The molecule has 1 saturated carbocycles. The molecular formula is C15H26N2O2. The van der Waals surface area contributed by atoms with Crippen LogP contribution in [0.3, 0.4) is 0 Å². The third kappa shape index (κ3) is 3.71. The van der Waals surface area contributed by atoms with Crippen molar-refractivity contribution < 1.29 is 9.59 Å². The van der Waals surface area contributed by atoms with Crippen molar-refractivity contribution >= 4 is 11.8 Å². The lowest BCUT2D eigenvalue weighted by Crippen LogP contribution is -2.60. The smallest absolute Gasteiger partial charge is 0.246 e. The number of carbonyl (C=O) groups is 2. The van der Waals surface area contributed by atoms with Gasteiger partial charge in [-0.2, -0.15) is 0 Å². The highest BCUT2D eigenvalue weighted by Crippen LogP contribution is 2.34. The lowest BCUT2D eigenvalue weighted by molar-refractivity contribution is -0.147. The van der Waals surface area contributed by atoms with Gasteiger partial charge < -0.3 is 10.2 Å². The van der Waals surface area contributed by atoms with Crippen LogP contribution in [0.5, 0.6) is 0 Å². The highest BCUT2D eigenvalue weighted by molar-refractivity contribution is 5.95. The maximum atomic E-state index is 12.4. The second-order valence-corrected chi connectivity index (χ2v) is 6.52. The fourth-order valence-electron chi connectivity index (χ4n) is 2.79. The maximum absolute atomic E-state index is 12.4. The van der Waals surface area contributed by atoms with E-state index < -0.39 is 0 Å². The SMILES string of the molecule is CC(C)CCCC(C)N1CC(=O)NC(C2CC2)C1=O. The molecule has 1 N–H and O–H groups in total. The Hall–Kier alpha value is -1.06. The first-order chi connectivity index (χ1) is 8.99. The van der Waals surface area contributed by atoms with E-state index in [1.165, 1.54) is 6.42 Å². The molecule has 0 aromatic rings. The highest BCUT2D eigenvalue weighted by atomic mass is 16.2. The van der Waals surface area contributed by atoms with E-state index in [2.05, 4.69) is 26.1 Å². The van der Waals surface area contributed by atoms with E-state index >= 15 is 0 Å². The first kappa shape index (κ1) is 14.4. The van der Waals surface area contributed by atoms with Gasteiger partial charge in [0, 0.05) is 6.04 Å². The highest BCUT2D eigenvalue weighted by Gasteiger charge is 2.43. The fraction of sp³-hybridized carbons (Fsp3) is 0.867. The molecule has 2 aliphatic rings. The van der Waals surface area contributed by atoms with E-state index in [9.17, 15) is 9.59 Å². The summed E-state index contributed by atoms with van der Waals surface area (Å²) in [5, 5.41) is 2.86. The van der Waals surface area contributed by atoms with Crippen LogP contribution < -0.4 is 5.32 Å². The summed E-state index contributed by atoms with van der Waals surface area (Å²) in [6.07, 6.45) is 5.45. The van der Waals surface area contributed by atoms with Gasteiger partial charge in [0.05, 0.1) is 6.54 Å². The Morgan fingerprint density at radius 1 is 1.21 bits per heavy atom. The maximum Gasteiger partial charge on any atom is 0.246 e. The summed E-state index contributed by atoms with van der Waals surface area (Å²) >= 11 is 0. The van der Waals surface area contributed by atoms with Crippen molar-refractivity contribution in [3.8, 4) is 0 Å². The number of hydrogen-bond donors (Lipinski definition) is 1. The summed E-state index contributed by atoms with van der Waals surface area (Å²) in [4.78, 5) is 25.9. The number of nitrogens with zero attached hydrogens (tertiary/aromatic N) is 1. The molecule has 1 heterocycles. The molecule has 2 fully saturated rings. The second kappa shape index (κ2) is 5.93. The summed E-state index contributed by atoms with van der Waals surface area (Å²) in [5.74, 6) is 1.24. The van der Waals surface area contributed by atoms with Gasteiger partial charge in [-0.1, -0.05) is 26.7 Å². The quantitative estimate of drug-likeness (QED) is 0.798. The fourth-order valence-corrected chi connectivity index (χ4v) is 2.79. The molecule has 1 aliphatic heterocycles. The van der Waals surface area contributed by atoms with Crippen LogP contribution in [0.4, 0.5) is 0 Å². The molecule has 2 amide bonds. The van der Waals surface area contributed by atoms with Gasteiger partial charge >= 0.3 is 0 Å². The Kier molecular flexibility index (Phi) is 4.48. The average molecular weight is 266 g/mol. The number of nitrogens with one attached hydrogen (secondary N) is 1. The Labute approximate surface area is 115 Å². The van der Waals surface area contributed by atoms with E-state index in [-0.39, 0.29) is 30.4 Å². The van der Waals surface area contributed by atoms with Gasteiger partial charge in [0.2, 0.25) is 11.8 Å². The second-order valence-electron chi connectivity index (χ2n) is 6.52. The lowest BCUT2D eigenvalue weighted by atomic mass is 10.0. The summed E-state index contributed by atoms with van der Waals surface area (Å²) in [6, 6.07) is -0.0626. The van der Waals surface area contributed by atoms with Crippen molar-refractivity contribution in [2.45, 2.75) is 65.0 Å². The van der Waals surface area contributed by atoms with Gasteiger partial charge in [-0.25, -0.2) is 0 Å². The number of hydrogen-bond acceptors (Lipinski definition) is 2. The largest absolute Gasteiger partial charge is 0.342 e. The van der Waals surface area contributed by atoms with Crippen molar-refractivity contribution in [1.29, 1.82) is 0 Å². The third-order valence-corrected chi connectivity index (χ3v) is 4.21. The van der Waals surface area contributed by atoms with Crippen molar-refractivity contribution in [2.75, 3.05) is 6.54 Å². The molecule has 0 radical (unpaired) electrons. The van der Waals surface area contributed by atoms with Crippen LogP contribution in [0.1, 0.15) is 52.9 Å². The first-order valence-electron chi connectivity index (χ1n) is 7.59. The Balaban J connectivity index is 1.89. The van der Waals surface area contributed by atoms with E-state index in [4.69, 9.17) is 0 Å². The van der Waals surface area contributed by atoms with E-state index in [1.807, 2.05) is 0 Å². The summed E-state index contributed by atoms with van der Waals surface area (Å²) in [5.41, 5.74) is 0. The number of carbonyl (C=O) groups excluding carboxylic acids is 2. The predicted molar refractivity (Wildman–Crippen MR) is 74.5 cm³/mol. The molecule has 2 unspecified atom stereocenters. The minimum absolute atomic E-state index is 0.00668. The molecule has 0 aromatic carbocycles. The van der Waals surface area contributed by atoms with E-state index in [0.717, 1.165) is 25.7 Å². The van der Waals surface area contributed by atoms with Crippen LogP contribution in [0, 0.1) is 11.8 Å². The molecule has 108 valence electrons. The molecule has 0 aromatic heterocycles. The Morgan fingerprint density at radius 2 is 1.89 bits per heavy atom. The van der Waals surface area contributed by atoms with Crippen molar-refractivity contribution in [3.63, 3.8) is 0 Å². The molecule has 1 saturated heterocycles. The van der Waals surface area contributed by atoms with Gasteiger partial charge in [0.15, 0.2) is 0 Å². The predicted octanol–water partition coefficient (Wildman–Crippen LogP) is 1.94. The van der Waals surface area contributed by atoms with Crippen LogP contribution in [0.2, 0.25) is 0 Å². The number of piperazine rings is 1. The third-order valence-electron chi connectivity index (χ3n) is 4.21. The van der Waals surface area contributed by atoms with Crippen LogP contribution >= 0.6 is 0 Å². The normalized spacial score (nSPS) is 25.7. The van der Waals surface area contributed by atoms with Crippen molar-refractivity contribution in [1.82, 2.24) is 10.2 Å². The zero-order chi connectivity index (χ0) is 14.0. The number of amides is 2. The molecule has 2 atom stereocenters. The van der Waals surface area contributed by atoms with Gasteiger partial charge in [-0.05, 0) is 38.0 Å². The van der Waals surface area contributed by atoms with E-state index in [0.29, 0.717) is 11.8 Å². The molecule has 0 spiro atoms. The van der Waals surface area contributed by atoms with Crippen molar-refractivity contribution in [2.24, 2.45) is 11.8 Å². The lowest BCUT2D eigenvalue weighted by Gasteiger charge is -2.36. The molecule has 1 aliphatic carbocycles. The number of rotatable bonds is 6. The van der Waals surface area contributed by atoms with E-state index in [1.54, 1.807) is 4.90 Å². The molecular weight excluding hydrogens is 240 g/mol. The van der Waals surface area contributed by atoms with Crippen LogP contribution in [0.15, 0.2) is 0 Å². The molecule has 2 rings (SSSR count). The topological polar surface area (TPSA) is 49.4 Å². The van der Waals surface area contributed by atoms with Gasteiger partial charge in [0.1, 0.15) is 6.04 Å². The van der Waals surface area contributed by atoms with Gasteiger partial charge in [-0.3, -0.25) is 9.59 Å². The minimum atomic E-state index is -0.242. The monoisotopic (exact) mass is 266 g/mol. The average Bonchev–Trinajstić information content (AvgIpc) is 3.15. The standard InChI is InChI=1S/C15H26N2O2/c1-10(2)5-4-6-11(3)17-9-13(18)16-14(15(17)19)12-7-8-12/h10-12,14H,4-9H2,1-3H3,(H,16,18). The summed E-state index contributed by atoms with van der Waals surface area (Å²) < 4.78 is 0. The van der Waals surface area contributed by atoms with Crippen LogP contribution in [-0.2, 0) is 9.59 Å². The zero-order valence-corrected chi connectivity index (χ0v) is 12.3. The Morgan fingerprint density at radius 3 is 2.47 bits per heavy atom. The molecule has 19 heavy (non-hydrogen) atoms. The Bertz CT molecular complexity index is 350. The van der Waals surface area contributed by atoms with Crippen LogP contribution in [0.25, 0.3) is 0 Å². The molecule has 4 nitrogen and oxygen atoms in total.